The van der Waals surface area contributed by atoms with Gasteiger partial charge in [-0.05, 0) is 32.1 Å². The summed E-state index contributed by atoms with van der Waals surface area (Å²) in [6.07, 6.45) is 23.2. The summed E-state index contributed by atoms with van der Waals surface area (Å²) >= 11 is 0. The second-order valence-corrected chi connectivity index (χ2v) is 7.91. The molecular formula is C20H42O6S. The molecule has 0 aliphatic heterocycles. The van der Waals surface area contributed by atoms with Crippen molar-refractivity contribution in [3.05, 3.63) is 12.2 Å². The molecular weight excluding hydrogens is 368 g/mol. The minimum absolute atomic E-state index is 0.0922. The highest BCUT2D eigenvalue weighted by Gasteiger charge is 2.00. The maximum atomic E-state index is 9.22. The summed E-state index contributed by atoms with van der Waals surface area (Å²) < 4.78 is 31.6. The molecule has 0 aliphatic carbocycles. The molecule has 6 nitrogen and oxygen atoms in total. The largest absolute Gasteiger partial charge is 0.394 e. The van der Waals surface area contributed by atoms with Crippen LogP contribution in [0.4, 0.5) is 0 Å². The number of rotatable bonds is 17. The molecule has 1 unspecified atom stereocenters. The minimum Gasteiger partial charge on any atom is -0.394 e. The van der Waals surface area contributed by atoms with E-state index in [1.54, 1.807) is 0 Å². The average molecular weight is 411 g/mol. The highest BCUT2D eigenvalue weighted by Crippen LogP contribution is 2.11. The van der Waals surface area contributed by atoms with Crippen LogP contribution in [0, 0.1) is 0 Å². The first kappa shape index (κ1) is 28.7. The molecule has 0 fully saturated rings. The van der Waals surface area contributed by atoms with Gasteiger partial charge >= 0.3 is 10.4 Å². The van der Waals surface area contributed by atoms with Crippen LogP contribution >= 0.6 is 0 Å². The molecule has 7 heteroatoms. The average Bonchev–Trinajstić information content (AvgIpc) is 2.59. The second-order valence-electron chi connectivity index (χ2n) is 7.01. The third-order valence-corrected chi connectivity index (χ3v) is 4.26. The first-order valence-electron chi connectivity index (χ1n) is 10.4. The van der Waals surface area contributed by atoms with Crippen molar-refractivity contribution in [1.82, 2.24) is 0 Å². The van der Waals surface area contributed by atoms with Crippen LogP contribution in [0.3, 0.4) is 0 Å². The number of hydrogen-bond donors (Lipinski definition) is 4. The minimum atomic E-state index is -4.67. The van der Waals surface area contributed by atoms with Crippen LogP contribution in [-0.4, -0.2) is 40.4 Å². The number of aliphatic hydroxyl groups is 2. The highest BCUT2D eigenvalue weighted by molar-refractivity contribution is 7.79. The van der Waals surface area contributed by atoms with Gasteiger partial charge in [0.1, 0.15) is 0 Å². The molecule has 0 aromatic carbocycles. The molecule has 0 aromatic rings. The standard InChI is InChI=1S/C20H40O2.H2O4S/c1-2-3-4-5-6-7-8-9-10-11-12-13-14-15-16-17-18-20(22)19-21;1-5(2,3)4/h9-10,20-22H,2-8,11-19H2,1H3;(H2,1,2,3,4). The molecule has 4 N–H and O–H groups in total. The summed E-state index contributed by atoms with van der Waals surface area (Å²) in [6, 6.07) is 0. The number of aliphatic hydroxyl groups excluding tert-OH is 2. The van der Waals surface area contributed by atoms with Crippen molar-refractivity contribution in [3.63, 3.8) is 0 Å². The second kappa shape index (κ2) is 21.8. The summed E-state index contributed by atoms with van der Waals surface area (Å²) in [6.45, 7) is 2.18. The zero-order valence-corrected chi connectivity index (χ0v) is 17.9. The lowest BCUT2D eigenvalue weighted by molar-refractivity contribution is 0.0860. The van der Waals surface area contributed by atoms with E-state index in [1.807, 2.05) is 0 Å². The highest BCUT2D eigenvalue weighted by atomic mass is 32.3. The zero-order chi connectivity index (χ0) is 20.8. The fourth-order valence-corrected chi connectivity index (χ4v) is 2.72. The van der Waals surface area contributed by atoms with Gasteiger partial charge in [-0.1, -0.05) is 83.3 Å². The Morgan fingerprint density at radius 1 is 0.741 bits per heavy atom. The van der Waals surface area contributed by atoms with Crippen LogP contribution in [0.25, 0.3) is 0 Å². The Balaban J connectivity index is 0. The van der Waals surface area contributed by atoms with Crippen LogP contribution in [0.2, 0.25) is 0 Å². The summed E-state index contributed by atoms with van der Waals surface area (Å²) in [7, 11) is -4.67. The van der Waals surface area contributed by atoms with E-state index in [1.165, 1.54) is 83.5 Å². The summed E-state index contributed by atoms with van der Waals surface area (Å²) in [5, 5.41) is 17.9. The maximum absolute atomic E-state index is 9.22. The fourth-order valence-electron chi connectivity index (χ4n) is 2.72. The maximum Gasteiger partial charge on any atom is 0.394 e. The molecule has 0 saturated heterocycles. The van der Waals surface area contributed by atoms with Gasteiger partial charge in [0.25, 0.3) is 0 Å². The van der Waals surface area contributed by atoms with E-state index in [-0.39, 0.29) is 6.61 Å². The van der Waals surface area contributed by atoms with E-state index >= 15 is 0 Å². The molecule has 27 heavy (non-hydrogen) atoms. The van der Waals surface area contributed by atoms with E-state index in [0.717, 1.165) is 12.8 Å². The van der Waals surface area contributed by atoms with Gasteiger partial charge < -0.3 is 10.2 Å². The fraction of sp³-hybridized carbons (Fsp3) is 0.900. The van der Waals surface area contributed by atoms with Crippen LogP contribution in [0.5, 0.6) is 0 Å². The molecule has 164 valence electrons. The number of hydrogen-bond acceptors (Lipinski definition) is 4. The molecule has 0 heterocycles. The van der Waals surface area contributed by atoms with Gasteiger partial charge in [-0.3, -0.25) is 9.11 Å². The first-order chi connectivity index (χ1) is 12.8. The van der Waals surface area contributed by atoms with Gasteiger partial charge in [-0.25, -0.2) is 0 Å². The lowest BCUT2D eigenvalue weighted by atomic mass is 10.1. The molecule has 0 spiro atoms. The van der Waals surface area contributed by atoms with Crippen molar-refractivity contribution in [1.29, 1.82) is 0 Å². The summed E-state index contributed by atoms with van der Waals surface area (Å²) in [5.41, 5.74) is 0. The molecule has 0 radical (unpaired) electrons. The third-order valence-electron chi connectivity index (χ3n) is 4.26. The van der Waals surface area contributed by atoms with Crippen molar-refractivity contribution in [3.8, 4) is 0 Å². The van der Waals surface area contributed by atoms with E-state index in [4.69, 9.17) is 22.6 Å². The van der Waals surface area contributed by atoms with E-state index in [2.05, 4.69) is 19.1 Å². The Morgan fingerprint density at radius 3 is 1.52 bits per heavy atom. The summed E-state index contributed by atoms with van der Waals surface area (Å²) in [5.74, 6) is 0. The number of unbranched alkanes of at least 4 members (excludes halogenated alkanes) is 12. The van der Waals surface area contributed by atoms with E-state index < -0.39 is 16.5 Å². The topological polar surface area (TPSA) is 115 Å². The predicted molar refractivity (Wildman–Crippen MR) is 111 cm³/mol. The molecule has 0 aliphatic rings. The Hall–Kier alpha value is -0.470. The molecule has 0 amide bonds. The lowest BCUT2D eigenvalue weighted by Crippen LogP contribution is -2.10. The normalized spacial score (nSPS) is 12.8. The van der Waals surface area contributed by atoms with Crippen molar-refractivity contribution in [2.24, 2.45) is 0 Å². The van der Waals surface area contributed by atoms with Gasteiger partial charge in [0, 0.05) is 0 Å². The molecule has 0 bridgehead atoms. The first-order valence-corrected chi connectivity index (χ1v) is 11.8. The molecule has 0 rings (SSSR count). The molecule has 0 saturated carbocycles. The Bertz CT molecular complexity index is 401. The van der Waals surface area contributed by atoms with Crippen LogP contribution in [0.15, 0.2) is 12.2 Å². The monoisotopic (exact) mass is 410 g/mol. The third kappa shape index (κ3) is 37.1. The van der Waals surface area contributed by atoms with Gasteiger partial charge in [-0.15, -0.1) is 0 Å². The quantitative estimate of drug-likeness (QED) is 0.150. The van der Waals surface area contributed by atoms with Crippen molar-refractivity contribution >= 4 is 10.4 Å². The SMILES string of the molecule is CCCCCCCCC=CCCCCCCCCC(O)CO.O=S(=O)(O)O. The Kier molecular flexibility index (Phi) is 23.2. The zero-order valence-electron chi connectivity index (χ0n) is 17.1. The smallest absolute Gasteiger partial charge is 0.394 e. The van der Waals surface area contributed by atoms with Crippen LogP contribution in [-0.2, 0) is 10.4 Å². The van der Waals surface area contributed by atoms with Gasteiger partial charge in [0.2, 0.25) is 0 Å². The lowest BCUT2D eigenvalue weighted by Gasteiger charge is -2.05. The number of allylic oxidation sites excluding steroid dienone is 2. The van der Waals surface area contributed by atoms with E-state index in [0.29, 0.717) is 0 Å². The van der Waals surface area contributed by atoms with E-state index in [9.17, 15) is 5.11 Å². The summed E-state index contributed by atoms with van der Waals surface area (Å²) in [4.78, 5) is 0. The van der Waals surface area contributed by atoms with Gasteiger partial charge in [0.15, 0.2) is 0 Å². The van der Waals surface area contributed by atoms with Crippen LogP contribution < -0.4 is 0 Å². The van der Waals surface area contributed by atoms with Crippen molar-refractivity contribution < 1.29 is 27.7 Å². The Labute approximate surface area is 166 Å². The predicted octanol–water partition coefficient (Wildman–Crippen LogP) is 5.11. The Morgan fingerprint density at radius 2 is 1.11 bits per heavy atom. The van der Waals surface area contributed by atoms with Crippen LogP contribution in [0.1, 0.15) is 103 Å². The molecule has 1 atom stereocenters. The molecule has 0 aromatic heterocycles. The van der Waals surface area contributed by atoms with Gasteiger partial charge in [0.05, 0.1) is 12.7 Å². The van der Waals surface area contributed by atoms with Gasteiger partial charge in [-0.2, -0.15) is 8.42 Å². The van der Waals surface area contributed by atoms with Crippen molar-refractivity contribution in [2.45, 2.75) is 109 Å². The van der Waals surface area contributed by atoms with Crippen molar-refractivity contribution in [2.75, 3.05) is 6.61 Å².